The highest BCUT2D eigenvalue weighted by Crippen LogP contribution is 2.50. The molecule has 54 heavy (non-hydrogen) atoms. The smallest absolute Gasteiger partial charge is 0.259 e. The quantitative estimate of drug-likeness (QED) is 0.0861. The van der Waals surface area contributed by atoms with Gasteiger partial charge < -0.3 is 53.4 Å². The van der Waals surface area contributed by atoms with E-state index in [0.29, 0.717) is 88.5 Å². The van der Waals surface area contributed by atoms with Crippen LogP contribution in [0.15, 0.2) is 103 Å². The highest BCUT2D eigenvalue weighted by Gasteiger charge is 2.45. The number of amides is 1. The van der Waals surface area contributed by atoms with E-state index >= 15 is 0 Å². The van der Waals surface area contributed by atoms with Gasteiger partial charge in [-0.15, -0.1) is 0 Å². The molecule has 0 aromatic heterocycles. The fourth-order valence-electron chi connectivity index (χ4n) is 6.56. The first-order valence-corrected chi connectivity index (χ1v) is 17.2. The molecule has 4 aromatic carbocycles. The maximum Gasteiger partial charge on any atom is 0.259 e. The topological polar surface area (TPSA) is 146 Å². The van der Waals surface area contributed by atoms with Crippen molar-refractivity contribution in [1.82, 2.24) is 4.90 Å². The summed E-state index contributed by atoms with van der Waals surface area (Å²) < 4.78 is 40.3. The summed E-state index contributed by atoms with van der Waals surface area (Å²) in [7, 11) is 4.58. The minimum absolute atomic E-state index is 0.0755. The molecule has 0 aliphatic carbocycles. The average Bonchev–Trinajstić information content (AvgIpc) is 3.58. The summed E-state index contributed by atoms with van der Waals surface area (Å²) in [4.78, 5) is 14.3. The lowest BCUT2D eigenvalue weighted by molar-refractivity contribution is -0.140. The first-order chi connectivity index (χ1) is 26.1. The van der Waals surface area contributed by atoms with Crippen molar-refractivity contribution in [2.45, 2.75) is 12.2 Å². The number of benzene rings is 4. The molecule has 2 heterocycles. The van der Waals surface area contributed by atoms with E-state index < -0.39 is 5.79 Å². The molecule has 1 amide bonds. The van der Waals surface area contributed by atoms with Gasteiger partial charge >= 0.3 is 0 Å². The van der Waals surface area contributed by atoms with Crippen LogP contribution >= 0.6 is 0 Å². The molecule has 0 spiro atoms. The number of rotatable bonds is 17. The molecule has 6 rings (SSSR count). The lowest BCUT2D eigenvalue weighted by atomic mass is 9.87. The van der Waals surface area contributed by atoms with Crippen molar-refractivity contribution in [3.63, 3.8) is 0 Å². The number of carbonyl (C=O) groups is 1. The number of allylic oxidation sites excluding steroid dienone is 1. The molecule has 0 saturated carbocycles. The number of aromatic hydroxyl groups is 2. The Morgan fingerprint density at radius 3 is 2.11 bits per heavy atom. The van der Waals surface area contributed by atoms with Gasteiger partial charge in [-0.05, 0) is 65.7 Å². The van der Waals surface area contributed by atoms with Crippen molar-refractivity contribution in [2.24, 2.45) is 0 Å². The van der Waals surface area contributed by atoms with Crippen LogP contribution in [0.3, 0.4) is 0 Å². The van der Waals surface area contributed by atoms with Gasteiger partial charge in [0.1, 0.15) is 18.1 Å². The number of aliphatic hydroxyl groups is 1. The Balaban J connectivity index is 1.13. The van der Waals surface area contributed by atoms with Crippen LogP contribution in [0, 0.1) is 0 Å². The average molecular weight is 738 g/mol. The summed E-state index contributed by atoms with van der Waals surface area (Å²) in [5.74, 6) is -0.712. The molecule has 0 fully saturated rings. The zero-order valence-electron chi connectivity index (χ0n) is 30.4. The number of phenolic OH excluding ortho intramolecular Hbond substituents is 2. The Labute approximate surface area is 313 Å². The van der Waals surface area contributed by atoms with Gasteiger partial charge in [0.25, 0.3) is 11.7 Å². The lowest BCUT2D eigenvalue weighted by Gasteiger charge is -2.27. The van der Waals surface area contributed by atoms with Gasteiger partial charge in [-0.3, -0.25) is 4.79 Å². The van der Waals surface area contributed by atoms with E-state index in [4.69, 9.17) is 33.2 Å². The Bertz CT molecular complexity index is 2040. The largest absolute Gasteiger partial charge is 0.504 e. The van der Waals surface area contributed by atoms with E-state index in [1.54, 1.807) is 60.5 Å². The van der Waals surface area contributed by atoms with Crippen molar-refractivity contribution in [1.29, 1.82) is 0 Å². The van der Waals surface area contributed by atoms with E-state index in [1.165, 1.54) is 26.4 Å². The number of carbonyl (C=O) groups excluding carboxylic acids is 1. The maximum absolute atomic E-state index is 12.7. The van der Waals surface area contributed by atoms with E-state index in [-0.39, 0.29) is 42.8 Å². The zero-order valence-corrected chi connectivity index (χ0v) is 30.4. The molecular formula is C42H43NO11. The second-order valence-electron chi connectivity index (χ2n) is 12.5. The molecule has 2 aliphatic heterocycles. The molecule has 1 unspecified atom stereocenters. The van der Waals surface area contributed by atoms with Crippen molar-refractivity contribution in [3.8, 4) is 34.5 Å². The number of methoxy groups -OCH3 is 3. The third-order valence-corrected chi connectivity index (χ3v) is 9.25. The van der Waals surface area contributed by atoms with E-state index in [0.717, 1.165) is 5.56 Å². The van der Waals surface area contributed by atoms with Crippen molar-refractivity contribution in [2.75, 3.05) is 60.9 Å². The second-order valence-corrected chi connectivity index (χ2v) is 12.5. The Morgan fingerprint density at radius 1 is 0.759 bits per heavy atom. The van der Waals surface area contributed by atoms with Crippen LogP contribution in [-0.2, 0) is 26.4 Å². The van der Waals surface area contributed by atoms with Gasteiger partial charge in [0.15, 0.2) is 23.0 Å². The normalized spacial score (nSPS) is 16.4. The summed E-state index contributed by atoms with van der Waals surface area (Å²) >= 11 is 0. The number of hydrogen-bond donors (Lipinski definition) is 3. The summed E-state index contributed by atoms with van der Waals surface area (Å²) in [5.41, 5.74) is 4.64. The van der Waals surface area contributed by atoms with Crippen molar-refractivity contribution in [3.05, 3.63) is 131 Å². The maximum atomic E-state index is 12.7. The number of phenols is 2. The molecule has 1 atom stereocenters. The van der Waals surface area contributed by atoms with Crippen molar-refractivity contribution >= 4 is 17.2 Å². The van der Waals surface area contributed by atoms with E-state index in [1.807, 2.05) is 18.2 Å². The van der Waals surface area contributed by atoms with Crippen molar-refractivity contribution < 1.29 is 53.3 Å². The van der Waals surface area contributed by atoms with E-state index in [9.17, 15) is 20.1 Å². The van der Waals surface area contributed by atoms with Crippen LogP contribution in [0.4, 0.5) is 0 Å². The molecule has 0 radical (unpaired) electrons. The van der Waals surface area contributed by atoms with Crippen LogP contribution in [0.5, 0.6) is 34.5 Å². The molecule has 3 N–H and O–H groups in total. The SMILES string of the molecule is C=C1OC(O)(c2ccc(OC)cc2)C(Cc2cc(OC)c(OC)c(OCCOCCOCCN3C(=C)c4ccccc4C3=O)c2)=C1c1ccc(O)c(O)c1. The number of ether oxygens (including phenoxy) is 7. The molecule has 12 heteroatoms. The Hall–Kier alpha value is -5.95. The Kier molecular flexibility index (Phi) is 11.5. The third-order valence-electron chi connectivity index (χ3n) is 9.25. The number of nitrogens with zero attached hydrogens (tertiary/aromatic N) is 1. The molecule has 2 aliphatic rings. The monoisotopic (exact) mass is 737 g/mol. The first-order valence-electron chi connectivity index (χ1n) is 17.2. The fraction of sp³-hybridized carbons (Fsp3) is 0.262. The first kappa shape index (κ1) is 37.8. The van der Waals surface area contributed by atoms with Gasteiger partial charge in [-0.2, -0.15) is 0 Å². The molecule has 4 aromatic rings. The van der Waals surface area contributed by atoms with Gasteiger partial charge in [0.2, 0.25) is 5.75 Å². The molecule has 12 nitrogen and oxygen atoms in total. The Morgan fingerprint density at radius 2 is 1.44 bits per heavy atom. The van der Waals surface area contributed by atoms with Gasteiger partial charge in [-0.25, -0.2) is 0 Å². The van der Waals surface area contributed by atoms with Crippen LogP contribution < -0.4 is 18.9 Å². The predicted molar refractivity (Wildman–Crippen MR) is 201 cm³/mol. The van der Waals surface area contributed by atoms with Gasteiger partial charge in [0, 0.05) is 46.5 Å². The van der Waals surface area contributed by atoms with Gasteiger partial charge in [-0.1, -0.05) is 37.4 Å². The van der Waals surface area contributed by atoms with Crippen LogP contribution in [0.2, 0.25) is 0 Å². The molecule has 282 valence electrons. The minimum atomic E-state index is -1.95. The molecule has 0 bridgehead atoms. The lowest BCUT2D eigenvalue weighted by Crippen LogP contribution is -2.28. The van der Waals surface area contributed by atoms with Crippen LogP contribution in [0.1, 0.15) is 32.6 Å². The minimum Gasteiger partial charge on any atom is -0.504 e. The summed E-state index contributed by atoms with van der Waals surface area (Å²) in [6.07, 6.45) is 0.130. The van der Waals surface area contributed by atoms with Crippen LogP contribution in [-0.4, -0.2) is 87.0 Å². The van der Waals surface area contributed by atoms with Gasteiger partial charge in [0.05, 0.1) is 47.8 Å². The van der Waals surface area contributed by atoms with E-state index in [2.05, 4.69) is 13.2 Å². The number of hydrogen-bond acceptors (Lipinski definition) is 11. The fourth-order valence-corrected chi connectivity index (χ4v) is 6.56. The predicted octanol–water partition coefficient (Wildman–Crippen LogP) is 6.05. The second kappa shape index (κ2) is 16.4. The van der Waals surface area contributed by atoms with Crippen LogP contribution in [0.25, 0.3) is 11.3 Å². The number of fused-ring (bicyclic) bond motifs is 1. The summed E-state index contributed by atoms with van der Waals surface area (Å²) in [6.45, 7) is 9.94. The highest BCUT2D eigenvalue weighted by atomic mass is 16.6. The molecular weight excluding hydrogens is 694 g/mol. The summed E-state index contributed by atoms with van der Waals surface area (Å²) in [6, 6.07) is 22.1. The third kappa shape index (κ3) is 7.58. The zero-order chi connectivity index (χ0) is 38.4. The standard InChI is InChI=1S/C42H43NO11/c1-26-32-8-6-7-9-33(32)41(46)43(26)16-17-51-18-19-52-20-21-53-38-24-28(23-37(49-4)40(38)50-5)22-34-39(29-10-15-35(44)36(45)25-29)27(2)54-42(34,47)30-11-13-31(48-3)14-12-30/h6-15,23-25,44-45,47H,1-2,16-22H2,3-5H3. The highest BCUT2D eigenvalue weighted by molar-refractivity contribution is 6.08. The summed E-state index contributed by atoms with van der Waals surface area (Å²) in [5, 5.41) is 32.6. The molecule has 0 saturated heterocycles.